The summed E-state index contributed by atoms with van der Waals surface area (Å²) >= 11 is 0. The van der Waals surface area contributed by atoms with Gasteiger partial charge in [-0.1, -0.05) is 31.2 Å². The summed E-state index contributed by atoms with van der Waals surface area (Å²) in [6.45, 7) is 5.60. The van der Waals surface area contributed by atoms with Crippen LogP contribution >= 0.6 is 0 Å². The molecule has 1 fully saturated rings. The van der Waals surface area contributed by atoms with Crippen molar-refractivity contribution in [2.75, 3.05) is 13.1 Å². The van der Waals surface area contributed by atoms with Crippen LogP contribution in [-0.2, 0) is 13.0 Å². The van der Waals surface area contributed by atoms with Gasteiger partial charge in [0.1, 0.15) is 0 Å². The molecule has 2 aliphatic rings. The van der Waals surface area contributed by atoms with Gasteiger partial charge in [-0.3, -0.25) is 4.90 Å². The van der Waals surface area contributed by atoms with Crippen LogP contribution in [0.3, 0.4) is 0 Å². The van der Waals surface area contributed by atoms with Gasteiger partial charge in [-0.2, -0.15) is 0 Å². The number of hydrogen-bond donors (Lipinski definition) is 1. The summed E-state index contributed by atoms with van der Waals surface area (Å²) in [6.07, 6.45) is 4.47. The molecule has 1 aromatic carbocycles. The van der Waals surface area contributed by atoms with Gasteiger partial charge in [-0.25, -0.2) is 0 Å². The van der Waals surface area contributed by atoms with E-state index in [1.807, 2.05) is 0 Å². The Morgan fingerprint density at radius 3 is 2.84 bits per heavy atom. The van der Waals surface area contributed by atoms with Gasteiger partial charge >= 0.3 is 0 Å². The van der Waals surface area contributed by atoms with E-state index >= 15 is 0 Å². The van der Waals surface area contributed by atoms with Crippen LogP contribution < -0.4 is 0 Å². The number of benzene rings is 1. The van der Waals surface area contributed by atoms with E-state index in [2.05, 4.69) is 36.1 Å². The van der Waals surface area contributed by atoms with E-state index in [0.717, 1.165) is 38.4 Å². The zero-order valence-electron chi connectivity index (χ0n) is 11.9. The Labute approximate surface area is 116 Å². The van der Waals surface area contributed by atoms with E-state index in [1.165, 1.54) is 24.0 Å². The van der Waals surface area contributed by atoms with E-state index in [4.69, 9.17) is 0 Å². The monoisotopic (exact) mass is 259 g/mol. The zero-order valence-corrected chi connectivity index (χ0v) is 11.9. The minimum absolute atomic E-state index is 0.0756. The van der Waals surface area contributed by atoms with Crippen molar-refractivity contribution in [2.24, 2.45) is 11.8 Å². The summed E-state index contributed by atoms with van der Waals surface area (Å²) in [6, 6.07) is 8.78. The molecule has 1 aliphatic carbocycles. The molecule has 0 radical (unpaired) electrons. The van der Waals surface area contributed by atoms with E-state index in [-0.39, 0.29) is 6.10 Å². The maximum Gasteiger partial charge on any atom is 0.0580 e. The van der Waals surface area contributed by atoms with Gasteiger partial charge < -0.3 is 5.11 Å². The number of aliphatic hydroxyl groups is 1. The molecule has 0 bridgehead atoms. The largest absolute Gasteiger partial charge is 0.393 e. The Morgan fingerprint density at radius 2 is 2.00 bits per heavy atom. The fraction of sp³-hybridized carbons (Fsp3) is 0.647. The minimum Gasteiger partial charge on any atom is -0.393 e. The molecular weight excluding hydrogens is 234 g/mol. The summed E-state index contributed by atoms with van der Waals surface area (Å²) in [5.41, 5.74) is 2.99. The second kappa shape index (κ2) is 5.64. The fourth-order valence-electron chi connectivity index (χ4n) is 3.72. The predicted octanol–water partition coefficient (Wildman–Crippen LogP) is 2.84. The second-order valence-corrected chi connectivity index (χ2v) is 6.50. The third-order valence-corrected chi connectivity index (χ3v) is 4.91. The van der Waals surface area contributed by atoms with Crippen molar-refractivity contribution in [1.29, 1.82) is 0 Å². The Morgan fingerprint density at radius 1 is 1.21 bits per heavy atom. The van der Waals surface area contributed by atoms with Crippen molar-refractivity contribution in [1.82, 2.24) is 4.90 Å². The van der Waals surface area contributed by atoms with E-state index < -0.39 is 0 Å². The highest BCUT2D eigenvalue weighted by Gasteiger charge is 2.29. The molecule has 2 heteroatoms. The van der Waals surface area contributed by atoms with Crippen LogP contribution in [0.25, 0.3) is 0 Å². The Hall–Kier alpha value is -0.860. The molecule has 0 aromatic heterocycles. The lowest BCUT2D eigenvalue weighted by Crippen LogP contribution is -2.40. The van der Waals surface area contributed by atoms with Crippen molar-refractivity contribution in [3.63, 3.8) is 0 Å². The SMILES string of the molecule is CC1CCC(O)C(CN2CCc3ccccc3C2)C1. The number of nitrogens with zero attached hydrogens (tertiary/aromatic N) is 1. The van der Waals surface area contributed by atoms with Gasteiger partial charge in [0.2, 0.25) is 0 Å². The summed E-state index contributed by atoms with van der Waals surface area (Å²) < 4.78 is 0. The molecule has 2 nitrogen and oxygen atoms in total. The number of hydrogen-bond acceptors (Lipinski definition) is 2. The first kappa shape index (κ1) is 13.1. The van der Waals surface area contributed by atoms with Gasteiger partial charge in [0, 0.05) is 19.6 Å². The lowest BCUT2D eigenvalue weighted by Gasteiger charge is -2.37. The summed E-state index contributed by atoms with van der Waals surface area (Å²) in [4.78, 5) is 2.54. The third kappa shape index (κ3) is 3.01. The van der Waals surface area contributed by atoms with Crippen LogP contribution in [0.2, 0.25) is 0 Å². The quantitative estimate of drug-likeness (QED) is 0.883. The number of rotatable bonds is 2. The van der Waals surface area contributed by atoms with Gasteiger partial charge in [-0.05, 0) is 48.6 Å². The van der Waals surface area contributed by atoms with Crippen LogP contribution in [0.4, 0.5) is 0 Å². The van der Waals surface area contributed by atoms with Crippen molar-refractivity contribution in [2.45, 2.75) is 45.3 Å². The highest BCUT2D eigenvalue weighted by Crippen LogP contribution is 2.30. The first-order valence-electron chi connectivity index (χ1n) is 7.69. The second-order valence-electron chi connectivity index (χ2n) is 6.50. The summed E-state index contributed by atoms with van der Waals surface area (Å²) in [7, 11) is 0. The molecule has 3 unspecified atom stereocenters. The average Bonchev–Trinajstić information content (AvgIpc) is 2.43. The molecule has 0 amide bonds. The summed E-state index contributed by atoms with van der Waals surface area (Å²) in [5.74, 6) is 1.26. The Kier molecular flexibility index (Phi) is 3.90. The molecule has 104 valence electrons. The first-order chi connectivity index (χ1) is 9.22. The fourth-order valence-corrected chi connectivity index (χ4v) is 3.72. The smallest absolute Gasteiger partial charge is 0.0580 e. The number of aliphatic hydroxyl groups excluding tert-OH is 1. The van der Waals surface area contributed by atoms with Crippen molar-refractivity contribution >= 4 is 0 Å². The molecule has 0 spiro atoms. The maximum atomic E-state index is 10.2. The third-order valence-electron chi connectivity index (χ3n) is 4.91. The van der Waals surface area contributed by atoms with Crippen LogP contribution in [0.1, 0.15) is 37.3 Å². The molecule has 1 aromatic rings. The predicted molar refractivity (Wildman–Crippen MR) is 77.9 cm³/mol. The normalized spacial score (nSPS) is 32.0. The van der Waals surface area contributed by atoms with Gasteiger partial charge in [0.15, 0.2) is 0 Å². The zero-order chi connectivity index (χ0) is 13.2. The molecule has 19 heavy (non-hydrogen) atoms. The highest BCUT2D eigenvalue weighted by molar-refractivity contribution is 5.29. The molecule has 1 N–H and O–H groups in total. The van der Waals surface area contributed by atoms with E-state index in [9.17, 15) is 5.11 Å². The minimum atomic E-state index is -0.0756. The van der Waals surface area contributed by atoms with Crippen molar-refractivity contribution in [3.8, 4) is 0 Å². The van der Waals surface area contributed by atoms with E-state index in [0.29, 0.717) is 5.92 Å². The van der Waals surface area contributed by atoms with Crippen LogP contribution in [-0.4, -0.2) is 29.2 Å². The van der Waals surface area contributed by atoms with Crippen LogP contribution in [0.15, 0.2) is 24.3 Å². The average molecular weight is 259 g/mol. The highest BCUT2D eigenvalue weighted by atomic mass is 16.3. The van der Waals surface area contributed by atoms with Gasteiger partial charge in [0.05, 0.1) is 6.10 Å². The number of fused-ring (bicyclic) bond motifs is 1. The molecule has 0 saturated heterocycles. The Balaban J connectivity index is 1.62. The van der Waals surface area contributed by atoms with Gasteiger partial charge in [0.25, 0.3) is 0 Å². The molecule has 1 aliphatic heterocycles. The topological polar surface area (TPSA) is 23.5 Å². The van der Waals surface area contributed by atoms with Crippen molar-refractivity contribution in [3.05, 3.63) is 35.4 Å². The molecule has 1 saturated carbocycles. The standard InChI is InChI=1S/C17H25NO/c1-13-6-7-17(19)16(10-13)12-18-9-8-14-4-2-3-5-15(14)11-18/h2-5,13,16-17,19H,6-12H2,1H3. The molecule has 3 rings (SSSR count). The van der Waals surface area contributed by atoms with Crippen LogP contribution in [0, 0.1) is 11.8 Å². The lowest BCUT2D eigenvalue weighted by molar-refractivity contribution is 0.0280. The summed E-state index contributed by atoms with van der Waals surface area (Å²) in [5, 5.41) is 10.2. The lowest BCUT2D eigenvalue weighted by atomic mass is 9.80. The first-order valence-corrected chi connectivity index (χ1v) is 7.69. The van der Waals surface area contributed by atoms with Crippen LogP contribution in [0.5, 0.6) is 0 Å². The molecular formula is C17H25NO. The molecule has 1 heterocycles. The maximum absolute atomic E-state index is 10.2. The van der Waals surface area contributed by atoms with Crippen molar-refractivity contribution < 1.29 is 5.11 Å². The Bertz CT molecular complexity index is 431. The molecule has 3 atom stereocenters. The van der Waals surface area contributed by atoms with Gasteiger partial charge in [-0.15, -0.1) is 0 Å². The van der Waals surface area contributed by atoms with E-state index in [1.54, 1.807) is 0 Å².